The molecule has 2 rings (SSSR count). The molecule has 2 N–H and O–H groups in total. The number of rotatable bonds is 4. The van der Waals surface area contributed by atoms with Crippen molar-refractivity contribution in [2.75, 3.05) is 13.2 Å². The third-order valence-electron chi connectivity index (χ3n) is 2.46. The second kappa shape index (κ2) is 5.12. The van der Waals surface area contributed by atoms with E-state index in [0.29, 0.717) is 5.75 Å². The number of hydrogen-bond acceptors (Lipinski definition) is 4. The Kier molecular flexibility index (Phi) is 3.56. The van der Waals surface area contributed by atoms with Gasteiger partial charge >= 0.3 is 0 Å². The topological polar surface area (TPSA) is 62.6 Å². The standard InChI is InChI=1S/C13H15NO3/c1-9-5-6-10-3-2-4-12(13(10)14-9)17-8-11(16)7-15/h2-6,11,15-16H,7-8H2,1H3. The predicted octanol–water partition coefficient (Wildman–Crippen LogP) is 1.28. The van der Waals surface area contributed by atoms with Crippen molar-refractivity contribution in [3.05, 3.63) is 36.0 Å². The van der Waals surface area contributed by atoms with Crippen molar-refractivity contribution >= 4 is 10.9 Å². The Morgan fingerprint density at radius 3 is 2.88 bits per heavy atom. The van der Waals surface area contributed by atoms with Crippen molar-refractivity contribution in [1.82, 2.24) is 4.98 Å². The van der Waals surface area contributed by atoms with Gasteiger partial charge in [-0.25, -0.2) is 4.98 Å². The molecule has 4 heteroatoms. The summed E-state index contributed by atoms with van der Waals surface area (Å²) in [7, 11) is 0. The summed E-state index contributed by atoms with van der Waals surface area (Å²) < 4.78 is 5.45. The Bertz CT molecular complexity index is 513. The van der Waals surface area contributed by atoms with Crippen LogP contribution in [-0.4, -0.2) is 34.5 Å². The fourth-order valence-electron chi connectivity index (χ4n) is 1.57. The van der Waals surface area contributed by atoms with Gasteiger partial charge in [0.15, 0.2) is 0 Å². The number of aryl methyl sites for hydroxylation is 1. The second-order valence-electron chi connectivity index (χ2n) is 3.93. The van der Waals surface area contributed by atoms with Gasteiger partial charge < -0.3 is 14.9 Å². The summed E-state index contributed by atoms with van der Waals surface area (Å²) in [5.74, 6) is 0.624. The third-order valence-corrected chi connectivity index (χ3v) is 2.46. The molecule has 0 aliphatic carbocycles. The van der Waals surface area contributed by atoms with E-state index in [-0.39, 0.29) is 13.2 Å². The van der Waals surface area contributed by atoms with E-state index in [0.717, 1.165) is 16.6 Å². The molecule has 0 aliphatic heterocycles. The van der Waals surface area contributed by atoms with E-state index in [4.69, 9.17) is 9.84 Å². The van der Waals surface area contributed by atoms with Gasteiger partial charge in [0.25, 0.3) is 0 Å². The highest BCUT2D eigenvalue weighted by Crippen LogP contribution is 2.23. The normalized spacial score (nSPS) is 12.6. The van der Waals surface area contributed by atoms with E-state index in [9.17, 15) is 5.11 Å². The van der Waals surface area contributed by atoms with Gasteiger partial charge in [-0.2, -0.15) is 0 Å². The smallest absolute Gasteiger partial charge is 0.145 e. The van der Waals surface area contributed by atoms with Crippen LogP contribution in [-0.2, 0) is 0 Å². The summed E-state index contributed by atoms with van der Waals surface area (Å²) in [6, 6.07) is 9.55. The predicted molar refractivity (Wildman–Crippen MR) is 65.1 cm³/mol. The van der Waals surface area contributed by atoms with Crippen LogP contribution in [0.1, 0.15) is 5.69 Å². The lowest BCUT2D eigenvalue weighted by molar-refractivity contribution is 0.0540. The van der Waals surface area contributed by atoms with Gasteiger partial charge in [-0.3, -0.25) is 0 Å². The van der Waals surface area contributed by atoms with Gasteiger partial charge in [0.2, 0.25) is 0 Å². The highest BCUT2D eigenvalue weighted by molar-refractivity contribution is 5.84. The minimum Gasteiger partial charge on any atom is -0.489 e. The number of pyridine rings is 1. The maximum Gasteiger partial charge on any atom is 0.145 e. The van der Waals surface area contributed by atoms with Crippen LogP contribution in [0.3, 0.4) is 0 Å². The van der Waals surface area contributed by atoms with Gasteiger partial charge in [-0.05, 0) is 19.1 Å². The van der Waals surface area contributed by atoms with Crippen LogP contribution in [0.2, 0.25) is 0 Å². The number of benzene rings is 1. The SMILES string of the molecule is Cc1ccc2cccc(OCC(O)CO)c2n1. The minimum absolute atomic E-state index is 0.0607. The molecule has 0 radical (unpaired) electrons. The summed E-state index contributed by atoms with van der Waals surface area (Å²) in [6.07, 6.45) is -0.866. The molecule has 0 aliphatic rings. The van der Waals surface area contributed by atoms with Gasteiger partial charge in [0.1, 0.15) is 24.0 Å². The van der Waals surface area contributed by atoms with Crippen molar-refractivity contribution in [1.29, 1.82) is 0 Å². The van der Waals surface area contributed by atoms with Gasteiger partial charge in [-0.1, -0.05) is 18.2 Å². The van der Waals surface area contributed by atoms with E-state index in [1.165, 1.54) is 0 Å². The van der Waals surface area contributed by atoms with Gasteiger partial charge in [-0.15, -0.1) is 0 Å². The zero-order valence-electron chi connectivity index (χ0n) is 9.63. The molecular formula is C13H15NO3. The molecule has 90 valence electrons. The highest BCUT2D eigenvalue weighted by atomic mass is 16.5. The molecule has 0 spiro atoms. The van der Waals surface area contributed by atoms with Crippen LogP contribution in [0.15, 0.2) is 30.3 Å². The molecule has 2 aromatic rings. The first-order chi connectivity index (χ1) is 8.20. The van der Waals surface area contributed by atoms with E-state index in [1.807, 2.05) is 31.2 Å². The number of para-hydroxylation sites is 1. The number of fused-ring (bicyclic) bond motifs is 1. The zero-order valence-corrected chi connectivity index (χ0v) is 9.63. The first kappa shape index (κ1) is 11.8. The quantitative estimate of drug-likeness (QED) is 0.835. The third kappa shape index (κ3) is 2.72. The average Bonchev–Trinajstić information content (AvgIpc) is 2.35. The van der Waals surface area contributed by atoms with E-state index in [2.05, 4.69) is 4.98 Å². The summed E-state index contributed by atoms with van der Waals surface area (Å²) in [4.78, 5) is 4.41. The number of aromatic nitrogens is 1. The van der Waals surface area contributed by atoms with Crippen LogP contribution in [0, 0.1) is 6.92 Å². The number of hydrogen-bond donors (Lipinski definition) is 2. The molecule has 1 atom stereocenters. The Hall–Kier alpha value is -1.65. The molecule has 0 saturated heterocycles. The number of nitrogens with zero attached hydrogens (tertiary/aromatic N) is 1. The molecule has 0 bridgehead atoms. The summed E-state index contributed by atoms with van der Waals surface area (Å²) in [5, 5.41) is 19.0. The number of aliphatic hydroxyl groups is 2. The molecule has 1 aromatic heterocycles. The van der Waals surface area contributed by atoms with E-state index in [1.54, 1.807) is 6.07 Å². The van der Waals surface area contributed by atoms with Crippen LogP contribution < -0.4 is 4.74 Å². The lowest BCUT2D eigenvalue weighted by Crippen LogP contribution is -2.21. The van der Waals surface area contributed by atoms with Gasteiger partial charge in [0.05, 0.1) is 6.61 Å². The maximum absolute atomic E-state index is 9.25. The largest absolute Gasteiger partial charge is 0.489 e. The first-order valence-corrected chi connectivity index (χ1v) is 5.49. The van der Waals surface area contributed by atoms with Crippen molar-refractivity contribution in [3.8, 4) is 5.75 Å². The minimum atomic E-state index is -0.866. The fourth-order valence-corrected chi connectivity index (χ4v) is 1.57. The lowest BCUT2D eigenvalue weighted by Gasteiger charge is -2.11. The molecule has 0 amide bonds. The average molecular weight is 233 g/mol. The summed E-state index contributed by atoms with van der Waals surface area (Å²) in [6.45, 7) is 1.67. The number of aliphatic hydroxyl groups excluding tert-OH is 2. The van der Waals surface area contributed by atoms with Crippen LogP contribution in [0.5, 0.6) is 5.75 Å². The van der Waals surface area contributed by atoms with Crippen molar-refractivity contribution in [3.63, 3.8) is 0 Å². The molecule has 4 nitrogen and oxygen atoms in total. The summed E-state index contributed by atoms with van der Waals surface area (Å²) in [5.41, 5.74) is 1.69. The van der Waals surface area contributed by atoms with Gasteiger partial charge in [0, 0.05) is 11.1 Å². The van der Waals surface area contributed by atoms with Crippen molar-refractivity contribution in [2.24, 2.45) is 0 Å². The summed E-state index contributed by atoms with van der Waals surface area (Å²) >= 11 is 0. The van der Waals surface area contributed by atoms with Crippen LogP contribution in [0.4, 0.5) is 0 Å². The molecular weight excluding hydrogens is 218 g/mol. The van der Waals surface area contributed by atoms with Crippen molar-refractivity contribution in [2.45, 2.75) is 13.0 Å². The van der Waals surface area contributed by atoms with E-state index < -0.39 is 6.10 Å². The Morgan fingerprint density at radius 2 is 2.12 bits per heavy atom. The van der Waals surface area contributed by atoms with E-state index >= 15 is 0 Å². The Labute approximate surface area is 99.5 Å². The van der Waals surface area contributed by atoms with Crippen LogP contribution >= 0.6 is 0 Å². The number of ether oxygens (including phenoxy) is 1. The fraction of sp³-hybridized carbons (Fsp3) is 0.308. The maximum atomic E-state index is 9.25. The van der Waals surface area contributed by atoms with Crippen molar-refractivity contribution < 1.29 is 14.9 Å². The Morgan fingerprint density at radius 1 is 1.29 bits per heavy atom. The first-order valence-electron chi connectivity index (χ1n) is 5.49. The molecule has 17 heavy (non-hydrogen) atoms. The molecule has 1 unspecified atom stereocenters. The molecule has 0 fully saturated rings. The van der Waals surface area contributed by atoms with Crippen LogP contribution in [0.25, 0.3) is 10.9 Å². The molecule has 1 heterocycles. The highest BCUT2D eigenvalue weighted by Gasteiger charge is 2.07. The lowest BCUT2D eigenvalue weighted by atomic mass is 10.2. The monoisotopic (exact) mass is 233 g/mol. The molecule has 1 aromatic carbocycles. The molecule has 0 saturated carbocycles. The second-order valence-corrected chi connectivity index (χ2v) is 3.93. The Balaban J connectivity index is 2.30. The zero-order chi connectivity index (χ0) is 12.3.